The molecule has 0 saturated heterocycles. The lowest BCUT2D eigenvalue weighted by atomic mass is 10.1. The van der Waals surface area contributed by atoms with Crippen LogP contribution in [0.25, 0.3) is 0 Å². The van der Waals surface area contributed by atoms with Gasteiger partial charge in [-0.2, -0.15) is 0 Å². The highest BCUT2D eigenvalue weighted by atomic mass is 16.5. The first-order chi connectivity index (χ1) is 10.1. The summed E-state index contributed by atoms with van der Waals surface area (Å²) < 4.78 is 7.12. The molecule has 0 amide bonds. The van der Waals surface area contributed by atoms with E-state index in [0.717, 1.165) is 37.4 Å². The van der Waals surface area contributed by atoms with E-state index in [9.17, 15) is 4.79 Å². The van der Waals surface area contributed by atoms with Crippen molar-refractivity contribution in [3.8, 4) is 5.75 Å². The fourth-order valence-electron chi connectivity index (χ4n) is 2.71. The Morgan fingerprint density at radius 1 is 1.19 bits per heavy atom. The Kier molecular flexibility index (Phi) is 3.80. The summed E-state index contributed by atoms with van der Waals surface area (Å²) in [6.07, 6.45) is 2.82. The summed E-state index contributed by atoms with van der Waals surface area (Å²) in [6, 6.07) is 10.1. The number of aromatic nitrogens is 1. The monoisotopic (exact) mass is 284 g/mol. The Hall–Kier alpha value is -2.07. The average Bonchev–Trinajstić information content (AvgIpc) is 2.90. The normalized spacial score (nSPS) is 13.3. The Morgan fingerprint density at radius 3 is 2.71 bits per heavy atom. The molecule has 0 fully saturated rings. The van der Waals surface area contributed by atoms with Gasteiger partial charge in [0.15, 0.2) is 0 Å². The predicted octanol–water partition coefficient (Wildman–Crippen LogP) is 1.95. The number of hydrogen-bond acceptors (Lipinski definition) is 3. The minimum atomic E-state index is 0.0376. The minimum absolute atomic E-state index is 0.0376. The van der Waals surface area contributed by atoms with Crippen LogP contribution in [0.4, 0.5) is 0 Å². The first kappa shape index (κ1) is 13.9. The summed E-state index contributed by atoms with van der Waals surface area (Å²) in [5.41, 5.74) is 3.67. The second kappa shape index (κ2) is 5.74. The van der Waals surface area contributed by atoms with E-state index in [2.05, 4.69) is 30.1 Å². The highest BCUT2D eigenvalue weighted by Crippen LogP contribution is 2.26. The molecule has 2 heterocycles. The maximum Gasteiger partial charge on any atom is 0.250 e. The van der Waals surface area contributed by atoms with E-state index < -0.39 is 0 Å². The van der Waals surface area contributed by atoms with Crippen LogP contribution in [0.3, 0.4) is 0 Å². The lowest BCUT2D eigenvalue weighted by Crippen LogP contribution is -2.20. The molecule has 0 atom stereocenters. The number of pyridine rings is 1. The standard InChI is InChI=1S/C17H20N2O2/c1-18(12-14-5-7-19(2)17(20)10-14)11-13-3-4-16-15(9-13)6-8-21-16/h3-5,7,9-10H,6,8,11-12H2,1-2H3. The number of rotatable bonds is 4. The second-order valence-corrected chi connectivity index (χ2v) is 5.70. The minimum Gasteiger partial charge on any atom is -0.493 e. The van der Waals surface area contributed by atoms with Crippen molar-refractivity contribution >= 4 is 0 Å². The van der Waals surface area contributed by atoms with Gasteiger partial charge in [-0.25, -0.2) is 0 Å². The first-order valence-electron chi connectivity index (χ1n) is 7.20. The summed E-state index contributed by atoms with van der Waals surface area (Å²) in [4.78, 5) is 13.9. The summed E-state index contributed by atoms with van der Waals surface area (Å²) in [6.45, 7) is 2.42. The van der Waals surface area contributed by atoms with Gasteiger partial charge in [-0.15, -0.1) is 0 Å². The van der Waals surface area contributed by atoms with E-state index in [0.29, 0.717) is 0 Å². The topological polar surface area (TPSA) is 34.5 Å². The molecule has 1 aromatic carbocycles. The molecule has 1 aromatic heterocycles. The molecule has 3 rings (SSSR count). The van der Waals surface area contributed by atoms with Gasteiger partial charge in [0, 0.05) is 38.8 Å². The Balaban J connectivity index is 1.67. The van der Waals surface area contributed by atoms with E-state index in [1.807, 2.05) is 12.3 Å². The zero-order valence-electron chi connectivity index (χ0n) is 12.5. The summed E-state index contributed by atoms with van der Waals surface area (Å²) >= 11 is 0. The molecule has 0 radical (unpaired) electrons. The maximum absolute atomic E-state index is 11.6. The molecule has 21 heavy (non-hydrogen) atoms. The van der Waals surface area contributed by atoms with Crippen molar-refractivity contribution in [2.45, 2.75) is 19.5 Å². The third kappa shape index (κ3) is 3.16. The van der Waals surface area contributed by atoms with E-state index >= 15 is 0 Å². The summed E-state index contributed by atoms with van der Waals surface area (Å²) in [5.74, 6) is 1.02. The van der Waals surface area contributed by atoms with E-state index in [1.54, 1.807) is 17.7 Å². The van der Waals surface area contributed by atoms with E-state index in [1.165, 1.54) is 11.1 Å². The van der Waals surface area contributed by atoms with Crippen molar-refractivity contribution in [3.05, 3.63) is 63.6 Å². The van der Waals surface area contributed by atoms with Crippen LogP contribution in [0, 0.1) is 0 Å². The number of benzene rings is 1. The molecule has 4 heteroatoms. The fraction of sp³-hybridized carbons (Fsp3) is 0.353. The summed E-state index contributed by atoms with van der Waals surface area (Å²) in [5, 5.41) is 0. The molecule has 2 aromatic rings. The maximum atomic E-state index is 11.6. The summed E-state index contributed by atoms with van der Waals surface area (Å²) in [7, 11) is 3.84. The van der Waals surface area contributed by atoms with Crippen molar-refractivity contribution in [2.75, 3.05) is 13.7 Å². The van der Waals surface area contributed by atoms with Gasteiger partial charge in [-0.05, 0) is 35.9 Å². The van der Waals surface area contributed by atoms with Gasteiger partial charge in [-0.1, -0.05) is 12.1 Å². The van der Waals surface area contributed by atoms with Crippen LogP contribution in [-0.4, -0.2) is 23.1 Å². The Morgan fingerprint density at radius 2 is 1.95 bits per heavy atom. The van der Waals surface area contributed by atoms with Gasteiger partial charge in [0.05, 0.1) is 6.61 Å². The van der Waals surface area contributed by atoms with Crippen LogP contribution in [-0.2, 0) is 26.6 Å². The van der Waals surface area contributed by atoms with Crippen LogP contribution in [0.2, 0.25) is 0 Å². The molecule has 0 unspecified atom stereocenters. The number of hydrogen-bond donors (Lipinski definition) is 0. The van der Waals surface area contributed by atoms with Crippen molar-refractivity contribution in [1.82, 2.24) is 9.47 Å². The third-order valence-corrected chi connectivity index (χ3v) is 3.83. The van der Waals surface area contributed by atoms with E-state index in [4.69, 9.17) is 4.74 Å². The zero-order valence-corrected chi connectivity index (χ0v) is 12.5. The van der Waals surface area contributed by atoms with E-state index in [-0.39, 0.29) is 5.56 Å². The largest absolute Gasteiger partial charge is 0.493 e. The molecule has 0 aliphatic carbocycles. The highest BCUT2D eigenvalue weighted by molar-refractivity contribution is 5.39. The lowest BCUT2D eigenvalue weighted by Gasteiger charge is -2.17. The smallest absolute Gasteiger partial charge is 0.250 e. The molecule has 0 spiro atoms. The SMILES string of the molecule is CN(Cc1ccc2c(c1)CCO2)Cc1ccn(C)c(=O)c1. The van der Waals surface area contributed by atoms with Gasteiger partial charge in [0.1, 0.15) is 5.75 Å². The van der Waals surface area contributed by atoms with Gasteiger partial charge in [0.25, 0.3) is 5.56 Å². The molecule has 110 valence electrons. The van der Waals surface area contributed by atoms with Gasteiger partial charge < -0.3 is 9.30 Å². The molecule has 0 saturated carbocycles. The van der Waals surface area contributed by atoms with Crippen molar-refractivity contribution in [2.24, 2.45) is 7.05 Å². The average molecular weight is 284 g/mol. The Labute approximate surface area is 124 Å². The number of ether oxygens (including phenoxy) is 1. The lowest BCUT2D eigenvalue weighted by molar-refractivity contribution is 0.318. The molecule has 0 bridgehead atoms. The van der Waals surface area contributed by atoms with Gasteiger partial charge in [0.2, 0.25) is 0 Å². The fourth-order valence-corrected chi connectivity index (χ4v) is 2.71. The van der Waals surface area contributed by atoms with Crippen molar-refractivity contribution in [3.63, 3.8) is 0 Å². The third-order valence-electron chi connectivity index (χ3n) is 3.83. The van der Waals surface area contributed by atoms with Crippen LogP contribution >= 0.6 is 0 Å². The van der Waals surface area contributed by atoms with Crippen LogP contribution < -0.4 is 10.3 Å². The molecular formula is C17H20N2O2. The molecule has 1 aliphatic rings. The van der Waals surface area contributed by atoms with Crippen molar-refractivity contribution in [1.29, 1.82) is 0 Å². The molecular weight excluding hydrogens is 264 g/mol. The molecule has 0 N–H and O–H groups in total. The number of nitrogens with zero attached hydrogens (tertiary/aromatic N) is 2. The van der Waals surface area contributed by atoms with Gasteiger partial charge in [-0.3, -0.25) is 9.69 Å². The molecule has 4 nitrogen and oxygen atoms in total. The Bertz CT molecular complexity index is 706. The van der Waals surface area contributed by atoms with Crippen LogP contribution in [0.1, 0.15) is 16.7 Å². The van der Waals surface area contributed by atoms with Crippen LogP contribution in [0.15, 0.2) is 41.3 Å². The van der Waals surface area contributed by atoms with Crippen LogP contribution in [0.5, 0.6) is 5.75 Å². The van der Waals surface area contributed by atoms with Gasteiger partial charge >= 0.3 is 0 Å². The highest BCUT2D eigenvalue weighted by Gasteiger charge is 2.12. The number of fused-ring (bicyclic) bond motifs is 1. The first-order valence-corrected chi connectivity index (χ1v) is 7.20. The zero-order chi connectivity index (χ0) is 14.8. The van der Waals surface area contributed by atoms with Crippen molar-refractivity contribution < 1.29 is 4.74 Å². The quantitative estimate of drug-likeness (QED) is 0.860. The molecule has 1 aliphatic heterocycles. The second-order valence-electron chi connectivity index (χ2n) is 5.70. The number of aryl methyl sites for hydroxylation is 1. The predicted molar refractivity (Wildman–Crippen MR) is 82.5 cm³/mol.